The number of hydrogen-bond acceptors (Lipinski definition) is 4. The van der Waals surface area contributed by atoms with E-state index in [9.17, 15) is 4.79 Å². The van der Waals surface area contributed by atoms with Gasteiger partial charge in [-0.3, -0.25) is 4.79 Å². The van der Waals surface area contributed by atoms with Crippen molar-refractivity contribution in [2.45, 2.75) is 0 Å². The van der Waals surface area contributed by atoms with Crippen LogP contribution < -0.4 is 10.9 Å². The molecule has 0 saturated heterocycles. The van der Waals surface area contributed by atoms with Crippen molar-refractivity contribution >= 4 is 5.69 Å². The highest BCUT2D eigenvalue weighted by Crippen LogP contribution is 1.91. The molecule has 1 aromatic rings. The molecule has 0 saturated carbocycles. The van der Waals surface area contributed by atoms with Crippen molar-refractivity contribution in [2.75, 3.05) is 18.5 Å². The zero-order valence-electron chi connectivity index (χ0n) is 5.87. The van der Waals surface area contributed by atoms with Crippen LogP contribution in [0.25, 0.3) is 0 Å². The second-order valence-corrected chi connectivity index (χ2v) is 1.95. The molecule has 1 aromatic heterocycles. The molecule has 5 heteroatoms. The number of aromatic amines is 1. The lowest BCUT2D eigenvalue weighted by Crippen LogP contribution is -2.16. The number of nitrogens with zero attached hydrogens (tertiary/aromatic N) is 1. The normalized spacial score (nSPS) is 9.55. The number of aliphatic hydroxyl groups excluding tert-OH is 1. The van der Waals surface area contributed by atoms with Crippen molar-refractivity contribution in [3.63, 3.8) is 0 Å². The molecule has 0 aliphatic rings. The van der Waals surface area contributed by atoms with E-state index < -0.39 is 0 Å². The molecule has 11 heavy (non-hydrogen) atoms. The molecule has 0 aromatic carbocycles. The molecule has 0 unspecified atom stereocenters. The number of hydrogen-bond donors (Lipinski definition) is 3. The summed E-state index contributed by atoms with van der Waals surface area (Å²) in [6.07, 6.45) is 1.47. The van der Waals surface area contributed by atoms with Crippen LogP contribution in [0, 0.1) is 0 Å². The Morgan fingerprint density at radius 2 is 2.55 bits per heavy atom. The lowest BCUT2D eigenvalue weighted by atomic mass is 10.4. The van der Waals surface area contributed by atoms with E-state index in [2.05, 4.69) is 15.5 Å². The maximum absolute atomic E-state index is 10.9. The molecular weight excluding hydrogens is 146 g/mol. The molecule has 3 N–H and O–H groups in total. The Morgan fingerprint density at radius 3 is 3.18 bits per heavy atom. The quantitative estimate of drug-likeness (QED) is 0.532. The van der Waals surface area contributed by atoms with Gasteiger partial charge in [0.2, 0.25) is 0 Å². The molecule has 1 heterocycles. The summed E-state index contributed by atoms with van der Waals surface area (Å²) < 4.78 is 0. The van der Waals surface area contributed by atoms with Crippen LogP contribution in [-0.4, -0.2) is 28.5 Å². The smallest absolute Gasteiger partial charge is 0.287 e. The Bertz CT molecular complexity index is 271. The van der Waals surface area contributed by atoms with E-state index in [1.807, 2.05) is 0 Å². The number of aliphatic hydroxyl groups is 1. The maximum atomic E-state index is 10.9. The van der Waals surface area contributed by atoms with Gasteiger partial charge >= 0.3 is 0 Å². The van der Waals surface area contributed by atoms with Crippen LogP contribution in [0.1, 0.15) is 0 Å². The van der Waals surface area contributed by atoms with Crippen molar-refractivity contribution < 1.29 is 5.11 Å². The van der Waals surface area contributed by atoms with Crippen molar-refractivity contribution in [1.29, 1.82) is 0 Å². The zero-order chi connectivity index (χ0) is 8.10. The van der Waals surface area contributed by atoms with E-state index in [1.165, 1.54) is 6.20 Å². The summed E-state index contributed by atoms with van der Waals surface area (Å²) >= 11 is 0. The molecule has 0 radical (unpaired) electrons. The Morgan fingerprint density at radius 1 is 1.73 bits per heavy atom. The first-order valence-electron chi connectivity index (χ1n) is 3.23. The van der Waals surface area contributed by atoms with Crippen molar-refractivity contribution in [3.05, 3.63) is 22.6 Å². The minimum atomic E-state index is -0.277. The summed E-state index contributed by atoms with van der Waals surface area (Å²) in [5.74, 6) is 0. The Kier molecular flexibility index (Phi) is 2.62. The summed E-state index contributed by atoms with van der Waals surface area (Å²) in [4.78, 5) is 10.9. The first-order valence-corrected chi connectivity index (χ1v) is 3.23. The largest absolute Gasteiger partial charge is 0.395 e. The van der Waals surface area contributed by atoms with Crippen LogP contribution in [0.3, 0.4) is 0 Å². The van der Waals surface area contributed by atoms with Crippen LogP contribution in [0.4, 0.5) is 5.69 Å². The second kappa shape index (κ2) is 3.72. The summed E-state index contributed by atoms with van der Waals surface area (Å²) in [5, 5.41) is 16.9. The van der Waals surface area contributed by atoms with Crippen LogP contribution in [-0.2, 0) is 0 Å². The molecule has 0 bridgehead atoms. The number of H-pyrrole nitrogens is 1. The van der Waals surface area contributed by atoms with Crippen LogP contribution >= 0.6 is 0 Å². The van der Waals surface area contributed by atoms with E-state index in [-0.39, 0.29) is 12.2 Å². The van der Waals surface area contributed by atoms with Gasteiger partial charge in [-0.15, -0.1) is 0 Å². The third kappa shape index (κ3) is 2.05. The summed E-state index contributed by atoms with van der Waals surface area (Å²) in [6.45, 7) is 0.370. The van der Waals surface area contributed by atoms with E-state index in [0.29, 0.717) is 12.2 Å². The van der Waals surface area contributed by atoms with Gasteiger partial charge in [0.05, 0.1) is 6.61 Å². The monoisotopic (exact) mass is 155 g/mol. The van der Waals surface area contributed by atoms with Crippen LogP contribution in [0.15, 0.2) is 17.1 Å². The lowest BCUT2D eigenvalue weighted by Gasteiger charge is -1.99. The fourth-order valence-electron chi connectivity index (χ4n) is 0.673. The van der Waals surface area contributed by atoms with Gasteiger partial charge in [-0.2, -0.15) is 5.10 Å². The van der Waals surface area contributed by atoms with Crippen molar-refractivity contribution in [1.82, 2.24) is 10.2 Å². The highest BCUT2D eigenvalue weighted by molar-refractivity contribution is 5.38. The highest BCUT2D eigenvalue weighted by atomic mass is 16.3. The first kappa shape index (κ1) is 7.74. The van der Waals surface area contributed by atoms with Gasteiger partial charge in [0, 0.05) is 12.7 Å². The van der Waals surface area contributed by atoms with Crippen LogP contribution in [0.2, 0.25) is 0 Å². The third-order valence-electron chi connectivity index (χ3n) is 1.15. The van der Waals surface area contributed by atoms with Gasteiger partial charge < -0.3 is 10.4 Å². The Labute approximate surface area is 63.1 Å². The molecule has 0 aliphatic heterocycles. The molecule has 0 aliphatic carbocycles. The molecular formula is C6H9N3O2. The standard InChI is InChI=1S/C6H9N3O2/c10-4-3-7-5-1-2-8-9-6(5)11/h1-2,10H,3-4H2,(H,7,8)(H,9,11). The van der Waals surface area contributed by atoms with Gasteiger partial charge in [0.1, 0.15) is 5.69 Å². The van der Waals surface area contributed by atoms with Gasteiger partial charge in [-0.1, -0.05) is 0 Å². The SMILES string of the molecule is O=c1[nH]nccc1NCCO. The third-order valence-corrected chi connectivity index (χ3v) is 1.15. The fourth-order valence-corrected chi connectivity index (χ4v) is 0.673. The predicted octanol–water partition coefficient (Wildman–Crippen LogP) is -0.826. The molecule has 1 rings (SSSR count). The van der Waals surface area contributed by atoms with E-state index in [1.54, 1.807) is 6.07 Å². The van der Waals surface area contributed by atoms with Gasteiger partial charge in [-0.25, -0.2) is 5.10 Å². The minimum Gasteiger partial charge on any atom is -0.395 e. The molecule has 0 amide bonds. The average molecular weight is 155 g/mol. The number of rotatable bonds is 3. The average Bonchev–Trinajstić information content (AvgIpc) is 2.03. The molecule has 0 fully saturated rings. The van der Waals surface area contributed by atoms with Gasteiger partial charge in [-0.05, 0) is 6.07 Å². The summed E-state index contributed by atoms with van der Waals surface area (Å²) in [6, 6.07) is 1.55. The zero-order valence-corrected chi connectivity index (χ0v) is 5.87. The predicted molar refractivity (Wildman–Crippen MR) is 40.4 cm³/mol. The summed E-state index contributed by atoms with van der Waals surface area (Å²) in [5.41, 5.74) is 0.148. The van der Waals surface area contributed by atoms with E-state index in [4.69, 9.17) is 5.11 Å². The fraction of sp³-hybridized carbons (Fsp3) is 0.333. The maximum Gasteiger partial charge on any atom is 0.287 e. The van der Waals surface area contributed by atoms with E-state index >= 15 is 0 Å². The van der Waals surface area contributed by atoms with Crippen LogP contribution in [0.5, 0.6) is 0 Å². The molecule has 0 spiro atoms. The Balaban J connectivity index is 2.70. The number of nitrogens with one attached hydrogen (secondary N) is 2. The Hall–Kier alpha value is -1.36. The van der Waals surface area contributed by atoms with Crippen molar-refractivity contribution in [3.8, 4) is 0 Å². The molecule has 0 atom stereocenters. The van der Waals surface area contributed by atoms with Crippen molar-refractivity contribution in [2.24, 2.45) is 0 Å². The number of anilines is 1. The first-order chi connectivity index (χ1) is 5.34. The second-order valence-electron chi connectivity index (χ2n) is 1.95. The minimum absolute atomic E-state index is 0.00175. The summed E-state index contributed by atoms with van der Waals surface area (Å²) in [7, 11) is 0. The van der Waals surface area contributed by atoms with Gasteiger partial charge in [0.25, 0.3) is 5.56 Å². The molecule has 5 nitrogen and oxygen atoms in total. The topological polar surface area (TPSA) is 78.0 Å². The number of aromatic nitrogens is 2. The molecule has 60 valence electrons. The van der Waals surface area contributed by atoms with E-state index in [0.717, 1.165) is 0 Å². The van der Waals surface area contributed by atoms with Gasteiger partial charge in [0.15, 0.2) is 0 Å². The lowest BCUT2D eigenvalue weighted by molar-refractivity contribution is 0.311. The highest BCUT2D eigenvalue weighted by Gasteiger charge is 1.94.